The highest BCUT2D eigenvalue weighted by Crippen LogP contribution is 2.38. The van der Waals surface area contributed by atoms with Crippen LogP contribution in [0.5, 0.6) is 0 Å². The van der Waals surface area contributed by atoms with Gasteiger partial charge in [-0.25, -0.2) is 9.98 Å². The van der Waals surface area contributed by atoms with Crippen molar-refractivity contribution < 1.29 is 0 Å². The van der Waals surface area contributed by atoms with Gasteiger partial charge in [0.05, 0.1) is 16.4 Å². The van der Waals surface area contributed by atoms with Crippen LogP contribution in [0.15, 0.2) is 23.2 Å². The number of thiazole rings is 1. The molecule has 1 saturated heterocycles. The van der Waals surface area contributed by atoms with Gasteiger partial charge in [0.1, 0.15) is 10.7 Å². The third kappa shape index (κ3) is 2.82. The van der Waals surface area contributed by atoms with E-state index in [1.165, 1.54) is 0 Å². The van der Waals surface area contributed by atoms with Gasteiger partial charge in [-0.2, -0.15) is 0 Å². The molecule has 1 fully saturated rings. The van der Waals surface area contributed by atoms with Crippen LogP contribution in [0.3, 0.4) is 0 Å². The molecule has 4 rings (SSSR count). The number of likely N-dealkylation sites (N-methyl/N-ethyl adjacent to an activating group) is 1. The number of piperazine rings is 1. The summed E-state index contributed by atoms with van der Waals surface area (Å²) in [6.07, 6.45) is 0. The van der Waals surface area contributed by atoms with E-state index >= 15 is 0 Å². The fraction of sp³-hybridized carbons (Fsp3) is 0.375. The van der Waals surface area contributed by atoms with Gasteiger partial charge in [0.2, 0.25) is 0 Å². The Morgan fingerprint density at radius 2 is 2.00 bits per heavy atom. The lowest BCUT2D eigenvalue weighted by atomic mass is 10.2. The zero-order valence-electron chi connectivity index (χ0n) is 13.1. The lowest BCUT2D eigenvalue weighted by Crippen LogP contribution is -2.47. The average molecular weight is 348 g/mol. The monoisotopic (exact) mass is 347 g/mol. The molecule has 0 amide bonds. The van der Waals surface area contributed by atoms with E-state index in [-0.39, 0.29) is 0 Å². The van der Waals surface area contributed by atoms with Gasteiger partial charge in [-0.3, -0.25) is 0 Å². The normalized spacial score (nSPS) is 17.9. The SMILES string of the molecule is Cc1nc2c(s1)Nc1ccc(Cl)cc1N=C2N1CCN(C)CC1. The maximum absolute atomic E-state index is 6.16. The standard InChI is InChI=1S/C16H18ClN5S/c1-10-18-14-15(22-7-5-21(2)6-8-22)19-13-9-11(17)3-4-12(13)20-16(14)23-10/h3-4,9,20H,5-8H2,1-2H3. The molecule has 1 aromatic carbocycles. The highest BCUT2D eigenvalue weighted by molar-refractivity contribution is 7.16. The smallest absolute Gasteiger partial charge is 0.158 e. The quantitative estimate of drug-likeness (QED) is 0.792. The molecule has 1 aromatic heterocycles. The number of fused-ring (bicyclic) bond motifs is 2. The summed E-state index contributed by atoms with van der Waals surface area (Å²) in [4.78, 5) is 14.3. The molecule has 0 unspecified atom stereocenters. The van der Waals surface area contributed by atoms with Gasteiger partial charge in [0.25, 0.3) is 0 Å². The molecule has 2 aliphatic rings. The van der Waals surface area contributed by atoms with Crippen LogP contribution in [-0.4, -0.2) is 53.8 Å². The van der Waals surface area contributed by atoms with E-state index in [1.807, 2.05) is 25.1 Å². The summed E-state index contributed by atoms with van der Waals surface area (Å²) in [7, 11) is 2.15. The summed E-state index contributed by atoms with van der Waals surface area (Å²) in [5, 5.41) is 6.27. The third-order valence-corrected chi connectivity index (χ3v) is 5.30. The van der Waals surface area contributed by atoms with E-state index in [2.05, 4.69) is 22.2 Å². The van der Waals surface area contributed by atoms with Crippen LogP contribution < -0.4 is 5.32 Å². The molecule has 0 atom stereocenters. The molecule has 5 nitrogen and oxygen atoms in total. The summed E-state index contributed by atoms with van der Waals surface area (Å²) in [6, 6.07) is 5.77. The van der Waals surface area contributed by atoms with E-state index in [0.29, 0.717) is 5.02 Å². The molecule has 0 saturated carbocycles. The molecule has 23 heavy (non-hydrogen) atoms. The van der Waals surface area contributed by atoms with Crippen molar-refractivity contribution >= 4 is 45.1 Å². The summed E-state index contributed by atoms with van der Waals surface area (Å²) < 4.78 is 0. The second kappa shape index (κ2) is 5.78. The second-order valence-electron chi connectivity index (χ2n) is 5.92. The zero-order chi connectivity index (χ0) is 16.0. The van der Waals surface area contributed by atoms with Crippen LogP contribution in [0.4, 0.5) is 16.4 Å². The molecule has 0 radical (unpaired) electrons. The first-order valence-electron chi connectivity index (χ1n) is 7.67. The van der Waals surface area contributed by atoms with E-state index in [4.69, 9.17) is 21.6 Å². The lowest BCUT2D eigenvalue weighted by Gasteiger charge is -2.34. The molecule has 0 spiro atoms. The Morgan fingerprint density at radius 1 is 1.22 bits per heavy atom. The lowest BCUT2D eigenvalue weighted by molar-refractivity contribution is 0.215. The molecule has 3 heterocycles. The van der Waals surface area contributed by atoms with Crippen LogP contribution in [0.2, 0.25) is 5.02 Å². The Morgan fingerprint density at radius 3 is 2.78 bits per heavy atom. The largest absolute Gasteiger partial charge is 0.352 e. The number of rotatable bonds is 0. The second-order valence-corrected chi connectivity index (χ2v) is 7.56. The summed E-state index contributed by atoms with van der Waals surface area (Å²) in [5.41, 5.74) is 2.79. The van der Waals surface area contributed by atoms with Gasteiger partial charge in [0.15, 0.2) is 5.84 Å². The molecular weight excluding hydrogens is 330 g/mol. The average Bonchev–Trinajstić information content (AvgIpc) is 2.82. The number of halogens is 1. The van der Waals surface area contributed by atoms with Crippen LogP contribution >= 0.6 is 22.9 Å². The number of hydrogen-bond acceptors (Lipinski definition) is 6. The number of benzene rings is 1. The van der Waals surface area contributed by atoms with Crippen molar-refractivity contribution in [3.63, 3.8) is 0 Å². The number of aryl methyl sites for hydroxylation is 1. The first kappa shape index (κ1) is 14.9. The molecule has 1 N–H and O–H groups in total. The van der Waals surface area contributed by atoms with E-state index in [0.717, 1.165) is 59.1 Å². The molecule has 120 valence electrons. The van der Waals surface area contributed by atoms with E-state index < -0.39 is 0 Å². The summed E-state index contributed by atoms with van der Waals surface area (Å²) >= 11 is 7.83. The molecular formula is C16H18ClN5S. The van der Waals surface area contributed by atoms with Gasteiger partial charge in [-0.15, -0.1) is 11.3 Å². The van der Waals surface area contributed by atoms with Crippen LogP contribution in [0.1, 0.15) is 10.7 Å². The van der Waals surface area contributed by atoms with E-state index in [1.54, 1.807) is 11.3 Å². The third-order valence-electron chi connectivity index (χ3n) is 4.18. The predicted octanol–water partition coefficient (Wildman–Crippen LogP) is 3.49. The fourth-order valence-electron chi connectivity index (χ4n) is 2.89. The minimum absolute atomic E-state index is 0.696. The molecule has 7 heteroatoms. The molecule has 2 aliphatic heterocycles. The number of hydrogen-bond donors (Lipinski definition) is 1. The van der Waals surface area contributed by atoms with E-state index in [9.17, 15) is 0 Å². The van der Waals surface area contributed by atoms with Crippen molar-refractivity contribution in [1.82, 2.24) is 14.8 Å². The first-order chi connectivity index (χ1) is 11.1. The number of nitrogens with zero attached hydrogens (tertiary/aromatic N) is 4. The Kier molecular flexibility index (Phi) is 3.75. The Bertz CT molecular complexity index is 777. The zero-order valence-corrected chi connectivity index (χ0v) is 14.7. The highest BCUT2D eigenvalue weighted by Gasteiger charge is 2.26. The highest BCUT2D eigenvalue weighted by atomic mass is 35.5. The summed E-state index contributed by atoms with van der Waals surface area (Å²) in [5.74, 6) is 0.950. The van der Waals surface area contributed by atoms with Crippen molar-refractivity contribution in [3.8, 4) is 0 Å². The Balaban J connectivity index is 1.82. The van der Waals surface area contributed by atoms with Crippen LogP contribution in [-0.2, 0) is 0 Å². The number of aromatic nitrogens is 1. The Labute approximate surface area is 144 Å². The van der Waals surface area contributed by atoms with Crippen molar-refractivity contribution in [2.75, 3.05) is 38.5 Å². The van der Waals surface area contributed by atoms with Gasteiger partial charge in [0, 0.05) is 31.2 Å². The van der Waals surface area contributed by atoms with Crippen molar-refractivity contribution in [3.05, 3.63) is 33.9 Å². The fourth-order valence-corrected chi connectivity index (χ4v) is 3.89. The number of nitrogens with one attached hydrogen (secondary N) is 1. The number of amidine groups is 1. The number of aliphatic imine (C=N–C) groups is 1. The first-order valence-corrected chi connectivity index (χ1v) is 8.86. The van der Waals surface area contributed by atoms with Crippen molar-refractivity contribution in [1.29, 1.82) is 0 Å². The number of anilines is 2. The van der Waals surface area contributed by atoms with Crippen molar-refractivity contribution in [2.24, 2.45) is 4.99 Å². The maximum atomic E-state index is 6.16. The minimum Gasteiger partial charge on any atom is -0.352 e. The molecule has 0 aliphatic carbocycles. The Hall–Kier alpha value is -1.63. The van der Waals surface area contributed by atoms with Gasteiger partial charge >= 0.3 is 0 Å². The summed E-state index contributed by atoms with van der Waals surface area (Å²) in [6.45, 7) is 6.02. The predicted molar refractivity (Wildman–Crippen MR) is 96.9 cm³/mol. The van der Waals surface area contributed by atoms with Gasteiger partial charge < -0.3 is 15.1 Å². The van der Waals surface area contributed by atoms with Crippen LogP contribution in [0, 0.1) is 6.92 Å². The van der Waals surface area contributed by atoms with Gasteiger partial charge in [-0.05, 0) is 32.2 Å². The van der Waals surface area contributed by atoms with Crippen LogP contribution in [0.25, 0.3) is 0 Å². The topological polar surface area (TPSA) is 43.8 Å². The van der Waals surface area contributed by atoms with Crippen molar-refractivity contribution in [2.45, 2.75) is 6.92 Å². The molecule has 0 bridgehead atoms. The molecule has 2 aromatic rings. The van der Waals surface area contributed by atoms with Gasteiger partial charge in [-0.1, -0.05) is 11.6 Å². The maximum Gasteiger partial charge on any atom is 0.158 e. The minimum atomic E-state index is 0.696.